The van der Waals surface area contributed by atoms with Gasteiger partial charge in [-0.1, -0.05) is 6.07 Å². The zero-order valence-electron chi connectivity index (χ0n) is 7.12. The van der Waals surface area contributed by atoms with Crippen LogP contribution in [0.1, 0.15) is 10.4 Å². The van der Waals surface area contributed by atoms with Gasteiger partial charge in [-0.3, -0.25) is 4.79 Å². The summed E-state index contributed by atoms with van der Waals surface area (Å²) in [5, 5.41) is 0.403. The highest BCUT2D eigenvalue weighted by Crippen LogP contribution is 2.21. The number of carbonyl (C=O) groups is 1. The van der Waals surface area contributed by atoms with Gasteiger partial charge in [-0.05, 0) is 12.1 Å². The molecule has 2 rings (SSSR count). The molecule has 0 aliphatic carbocycles. The van der Waals surface area contributed by atoms with E-state index >= 15 is 0 Å². The normalized spacial score (nSPS) is 10.6. The molecule has 1 heterocycles. The van der Waals surface area contributed by atoms with Crippen LogP contribution in [-0.2, 0) is 7.05 Å². The number of fused-ring (bicyclic) bond motifs is 1. The fourth-order valence-electron chi connectivity index (χ4n) is 1.52. The minimum absolute atomic E-state index is 0.347. The number of rotatable bonds is 1. The highest BCUT2D eigenvalue weighted by molar-refractivity contribution is 5.97. The molecule has 0 fully saturated rings. The largest absolute Gasteiger partial charge is 0.350 e. The maximum absolute atomic E-state index is 13.3. The van der Waals surface area contributed by atoms with Gasteiger partial charge in [0.05, 0.1) is 5.52 Å². The summed E-state index contributed by atoms with van der Waals surface area (Å²) in [5.74, 6) is -0.347. The summed E-state index contributed by atoms with van der Waals surface area (Å²) in [4.78, 5) is 10.6. The van der Waals surface area contributed by atoms with Crippen LogP contribution in [0.2, 0.25) is 0 Å². The number of nitrogens with zero attached hydrogens (tertiary/aromatic N) is 1. The summed E-state index contributed by atoms with van der Waals surface area (Å²) in [7, 11) is 1.79. The SMILES string of the molecule is Cn1cc(C=O)c2c(F)cccc21. The molecular weight excluding hydrogens is 169 g/mol. The predicted octanol–water partition coefficient (Wildman–Crippen LogP) is 2.13. The Bertz CT molecular complexity index is 473. The van der Waals surface area contributed by atoms with E-state index in [2.05, 4.69) is 0 Å². The zero-order valence-corrected chi connectivity index (χ0v) is 7.12. The second-order valence-corrected chi connectivity index (χ2v) is 2.95. The number of carbonyl (C=O) groups excluding carboxylic acids is 1. The van der Waals surface area contributed by atoms with Crippen LogP contribution in [-0.4, -0.2) is 10.9 Å². The van der Waals surface area contributed by atoms with E-state index < -0.39 is 0 Å². The molecule has 0 saturated heterocycles. The number of halogens is 1. The van der Waals surface area contributed by atoms with Crippen LogP contribution >= 0.6 is 0 Å². The van der Waals surface area contributed by atoms with Crippen molar-refractivity contribution in [2.45, 2.75) is 0 Å². The Kier molecular flexibility index (Phi) is 1.65. The topological polar surface area (TPSA) is 22.0 Å². The first-order valence-electron chi connectivity index (χ1n) is 3.93. The van der Waals surface area contributed by atoms with Crippen molar-refractivity contribution in [2.75, 3.05) is 0 Å². The van der Waals surface area contributed by atoms with Crippen molar-refractivity contribution in [3.05, 3.63) is 35.8 Å². The second kappa shape index (κ2) is 2.69. The van der Waals surface area contributed by atoms with Crippen LogP contribution in [0.25, 0.3) is 10.9 Å². The number of aromatic nitrogens is 1. The Balaban J connectivity index is 2.96. The fourth-order valence-corrected chi connectivity index (χ4v) is 1.52. The lowest BCUT2D eigenvalue weighted by molar-refractivity contribution is 0.112. The van der Waals surface area contributed by atoms with E-state index in [-0.39, 0.29) is 5.82 Å². The summed E-state index contributed by atoms with van der Waals surface area (Å²) < 4.78 is 15.0. The Morgan fingerprint density at radius 2 is 2.23 bits per heavy atom. The van der Waals surface area contributed by atoms with Crippen molar-refractivity contribution in [1.29, 1.82) is 0 Å². The molecule has 2 nitrogen and oxygen atoms in total. The molecule has 0 unspecified atom stereocenters. The molecule has 0 radical (unpaired) electrons. The average molecular weight is 177 g/mol. The van der Waals surface area contributed by atoms with E-state index in [0.717, 1.165) is 5.52 Å². The zero-order chi connectivity index (χ0) is 9.42. The van der Waals surface area contributed by atoms with Gasteiger partial charge in [0, 0.05) is 24.2 Å². The lowest BCUT2D eigenvalue weighted by atomic mass is 10.2. The minimum Gasteiger partial charge on any atom is -0.350 e. The first-order chi connectivity index (χ1) is 6.24. The van der Waals surface area contributed by atoms with Gasteiger partial charge in [-0.15, -0.1) is 0 Å². The molecule has 0 bridgehead atoms. The molecule has 0 N–H and O–H groups in total. The van der Waals surface area contributed by atoms with Crippen LogP contribution < -0.4 is 0 Å². The second-order valence-electron chi connectivity index (χ2n) is 2.95. The van der Waals surface area contributed by atoms with Gasteiger partial charge >= 0.3 is 0 Å². The molecule has 0 aliphatic rings. The molecule has 13 heavy (non-hydrogen) atoms. The van der Waals surface area contributed by atoms with Crippen LogP contribution in [0.5, 0.6) is 0 Å². The molecular formula is C10H8FNO. The molecule has 0 aliphatic heterocycles. The van der Waals surface area contributed by atoms with Gasteiger partial charge in [0.2, 0.25) is 0 Å². The number of benzene rings is 1. The van der Waals surface area contributed by atoms with Crippen LogP contribution in [0.4, 0.5) is 4.39 Å². The van der Waals surface area contributed by atoms with Crippen LogP contribution in [0, 0.1) is 5.82 Å². The molecule has 0 saturated carbocycles. The molecule has 1 aromatic heterocycles. The highest BCUT2D eigenvalue weighted by Gasteiger charge is 2.09. The number of aryl methyl sites for hydroxylation is 1. The number of hydrogen-bond donors (Lipinski definition) is 0. The summed E-state index contributed by atoms with van der Waals surface area (Å²) in [6.07, 6.45) is 2.30. The quantitative estimate of drug-likeness (QED) is 0.611. The molecule has 0 amide bonds. The standard InChI is InChI=1S/C10H8FNO/c1-12-5-7(6-13)10-8(11)3-2-4-9(10)12/h2-6H,1H3. The molecule has 0 atom stereocenters. The Hall–Kier alpha value is -1.64. The molecule has 1 aromatic carbocycles. The fraction of sp³-hybridized carbons (Fsp3) is 0.100. The van der Waals surface area contributed by atoms with E-state index in [9.17, 15) is 9.18 Å². The average Bonchev–Trinajstić information content (AvgIpc) is 2.45. The third kappa shape index (κ3) is 1.04. The monoisotopic (exact) mass is 177 g/mol. The first-order valence-corrected chi connectivity index (χ1v) is 3.93. The van der Waals surface area contributed by atoms with Crippen LogP contribution in [0.15, 0.2) is 24.4 Å². The van der Waals surface area contributed by atoms with Gasteiger partial charge in [0.15, 0.2) is 6.29 Å². The third-order valence-electron chi connectivity index (χ3n) is 2.12. The van der Waals surface area contributed by atoms with Crippen molar-refractivity contribution >= 4 is 17.2 Å². The van der Waals surface area contributed by atoms with E-state index in [1.54, 1.807) is 29.9 Å². The van der Waals surface area contributed by atoms with Crippen molar-refractivity contribution in [3.8, 4) is 0 Å². The summed E-state index contributed by atoms with van der Waals surface area (Å²) >= 11 is 0. The van der Waals surface area contributed by atoms with Gasteiger partial charge in [0.1, 0.15) is 5.82 Å². The lowest BCUT2D eigenvalue weighted by Gasteiger charge is -1.95. The van der Waals surface area contributed by atoms with E-state index in [0.29, 0.717) is 17.2 Å². The maximum atomic E-state index is 13.3. The summed E-state index contributed by atoms with van der Waals surface area (Å²) in [5.41, 5.74) is 1.14. The Labute approximate surface area is 74.6 Å². The van der Waals surface area contributed by atoms with Gasteiger partial charge in [-0.2, -0.15) is 0 Å². The molecule has 2 aromatic rings. The highest BCUT2D eigenvalue weighted by atomic mass is 19.1. The Morgan fingerprint density at radius 1 is 1.46 bits per heavy atom. The summed E-state index contributed by atoms with van der Waals surface area (Å²) in [6, 6.07) is 4.77. The van der Waals surface area contributed by atoms with E-state index in [4.69, 9.17) is 0 Å². The molecule has 66 valence electrons. The summed E-state index contributed by atoms with van der Waals surface area (Å²) in [6.45, 7) is 0. The number of hydrogen-bond acceptors (Lipinski definition) is 1. The molecule has 0 spiro atoms. The van der Waals surface area contributed by atoms with Crippen molar-refractivity contribution in [2.24, 2.45) is 7.05 Å². The van der Waals surface area contributed by atoms with Crippen LogP contribution in [0.3, 0.4) is 0 Å². The lowest BCUT2D eigenvalue weighted by Crippen LogP contribution is -1.83. The smallest absolute Gasteiger partial charge is 0.152 e. The van der Waals surface area contributed by atoms with E-state index in [1.807, 2.05) is 0 Å². The van der Waals surface area contributed by atoms with Crippen molar-refractivity contribution < 1.29 is 9.18 Å². The first kappa shape index (κ1) is 7.98. The van der Waals surface area contributed by atoms with Crippen molar-refractivity contribution in [1.82, 2.24) is 4.57 Å². The maximum Gasteiger partial charge on any atom is 0.152 e. The van der Waals surface area contributed by atoms with Gasteiger partial charge < -0.3 is 4.57 Å². The predicted molar refractivity (Wildman–Crippen MR) is 48.3 cm³/mol. The molecule has 3 heteroatoms. The Morgan fingerprint density at radius 3 is 2.92 bits per heavy atom. The minimum atomic E-state index is -0.347. The van der Waals surface area contributed by atoms with Gasteiger partial charge in [-0.25, -0.2) is 4.39 Å². The van der Waals surface area contributed by atoms with Crippen molar-refractivity contribution in [3.63, 3.8) is 0 Å². The van der Waals surface area contributed by atoms with Gasteiger partial charge in [0.25, 0.3) is 0 Å². The third-order valence-corrected chi connectivity index (χ3v) is 2.12. The van der Waals surface area contributed by atoms with E-state index in [1.165, 1.54) is 6.07 Å². The number of aldehydes is 1.